The van der Waals surface area contributed by atoms with Gasteiger partial charge in [0.1, 0.15) is 0 Å². The van der Waals surface area contributed by atoms with Crippen molar-refractivity contribution in [3.63, 3.8) is 0 Å². The lowest BCUT2D eigenvalue weighted by Crippen LogP contribution is -2.21. The monoisotopic (exact) mass is 292 g/mol. The average Bonchev–Trinajstić information content (AvgIpc) is 2.47. The van der Waals surface area contributed by atoms with E-state index in [0.717, 1.165) is 24.3 Å². The largest absolute Gasteiger partial charge is 0.326 e. The van der Waals surface area contributed by atoms with Crippen molar-refractivity contribution in [2.24, 2.45) is 5.92 Å². The molecule has 1 amide bonds. The molecule has 110 valence electrons. The molecule has 0 aliphatic carbocycles. The maximum absolute atomic E-state index is 12.2. The molecule has 4 heteroatoms. The number of benzene rings is 1. The first-order valence-electron chi connectivity index (χ1n) is 7.45. The quantitative estimate of drug-likeness (QED) is 0.845. The predicted molar refractivity (Wildman–Crippen MR) is 87.1 cm³/mol. The summed E-state index contributed by atoms with van der Waals surface area (Å²) in [5.74, 6) is 3.13. The van der Waals surface area contributed by atoms with Gasteiger partial charge in [-0.25, -0.2) is 0 Å². The maximum atomic E-state index is 12.2. The van der Waals surface area contributed by atoms with Gasteiger partial charge < -0.3 is 10.6 Å². The molecule has 1 heterocycles. The predicted octanol–water partition coefficient (Wildman–Crippen LogP) is 3.27. The van der Waals surface area contributed by atoms with Gasteiger partial charge in [-0.2, -0.15) is 11.8 Å². The highest BCUT2D eigenvalue weighted by Crippen LogP contribution is 2.26. The van der Waals surface area contributed by atoms with Crippen LogP contribution in [0.25, 0.3) is 0 Å². The van der Waals surface area contributed by atoms with Gasteiger partial charge in [0.25, 0.3) is 0 Å². The Morgan fingerprint density at radius 3 is 2.80 bits per heavy atom. The van der Waals surface area contributed by atoms with Crippen molar-refractivity contribution in [3.8, 4) is 0 Å². The molecule has 3 nitrogen and oxygen atoms in total. The Bertz CT molecular complexity index is 430. The van der Waals surface area contributed by atoms with E-state index in [0.29, 0.717) is 12.3 Å². The molecular formula is C16H24N2OS. The minimum absolute atomic E-state index is 0.158. The number of amides is 1. The number of nitrogens with one attached hydrogen (secondary N) is 2. The SMILES string of the molecule is CCNCc1ccccc1NC(=O)CC1CCSCC1. The third kappa shape index (κ3) is 4.84. The number of carbonyl (C=O) groups excluding carboxylic acids is 1. The van der Waals surface area contributed by atoms with Gasteiger partial charge in [-0.15, -0.1) is 0 Å². The Balaban J connectivity index is 1.89. The average molecular weight is 292 g/mol. The normalized spacial score (nSPS) is 16.1. The van der Waals surface area contributed by atoms with Crippen LogP contribution in [-0.4, -0.2) is 24.0 Å². The second-order valence-corrected chi connectivity index (χ2v) is 6.47. The molecular weight excluding hydrogens is 268 g/mol. The smallest absolute Gasteiger partial charge is 0.224 e. The highest BCUT2D eigenvalue weighted by molar-refractivity contribution is 7.99. The molecule has 2 N–H and O–H groups in total. The van der Waals surface area contributed by atoms with Crippen molar-refractivity contribution >= 4 is 23.4 Å². The van der Waals surface area contributed by atoms with Gasteiger partial charge in [0.15, 0.2) is 0 Å². The van der Waals surface area contributed by atoms with Gasteiger partial charge in [0.2, 0.25) is 5.91 Å². The molecule has 0 saturated carbocycles. The molecule has 0 unspecified atom stereocenters. The van der Waals surface area contributed by atoms with Gasteiger partial charge in [-0.3, -0.25) is 4.79 Å². The molecule has 1 saturated heterocycles. The van der Waals surface area contributed by atoms with Crippen molar-refractivity contribution in [3.05, 3.63) is 29.8 Å². The van der Waals surface area contributed by atoms with E-state index in [9.17, 15) is 4.79 Å². The Kier molecular flexibility index (Phi) is 6.40. The topological polar surface area (TPSA) is 41.1 Å². The highest BCUT2D eigenvalue weighted by Gasteiger charge is 2.17. The summed E-state index contributed by atoms with van der Waals surface area (Å²) in [7, 11) is 0. The number of hydrogen-bond donors (Lipinski definition) is 2. The minimum atomic E-state index is 0.158. The van der Waals surface area contributed by atoms with E-state index in [1.807, 2.05) is 30.0 Å². The van der Waals surface area contributed by atoms with Crippen molar-refractivity contribution in [2.75, 3.05) is 23.4 Å². The van der Waals surface area contributed by atoms with Crippen molar-refractivity contribution in [2.45, 2.75) is 32.7 Å². The second-order valence-electron chi connectivity index (χ2n) is 5.25. The standard InChI is InChI=1S/C16H24N2OS/c1-2-17-12-14-5-3-4-6-15(14)18-16(19)11-13-7-9-20-10-8-13/h3-6,13,17H,2,7-12H2,1H3,(H,18,19). The first kappa shape index (κ1) is 15.4. The highest BCUT2D eigenvalue weighted by atomic mass is 32.2. The first-order valence-corrected chi connectivity index (χ1v) is 8.61. The number of carbonyl (C=O) groups is 1. The Morgan fingerprint density at radius 1 is 1.30 bits per heavy atom. The Hall–Kier alpha value is -1.000. The molecule has 0 atom stereocenters. The van der Waals surface area contributed by atoms with Crippen LogP contribution in [-0.2, 0) is 11.3 Å². The van der Waals surface area contributed by atoms with E-state index in [4.69, 9.17) is 0 Å². The zero-order chi connectivity index (χ0) is 14.2. The lowest BCUT2D eigenvalue weighted by molar-refractivity contribution is -0.117. The van der Waals surface area contributed by atoms with Crippen molar-refractivity contribution in [1.29, 1.82) is 0 Å². The van der Waals surface area contributed by atoms with Gasteiger partial charge in [0.05, 0.1) is 0 Å². The second kappa shape index (κ2) is 8.32. The van der Waals surface area contributed by atoms with Crippen LogP contribution in [0.3, 0.4) is 0 Å². The van der Waals surface area contributed by atoms with Gasteiger partial charge in [-0.1, -0.05) is 25.1 Å². The fraction of sp³-hybridized carbons (Fsp3) is 0.562. The number of thioether (sulfide) groups is 1. The van der Waals surface area contributed by atoms with Crippen LogP contribution in [0.2, 0.25) is 0 Å². The van der Waals surface area contributed by atoms with E-state index in [1.54, 1.807) is 0 Å². The van der Waals surface area contributed by atoms with E-state index in [2.05, 4.69) is 23.6 Å². The summed E-state index contributed by atoms with van der Waals surface area (Å²) in [5.41, 5.74) is 2.10. The number of para-hydroxylation sites is 1. The van der Waals surface area contributed by atoms with Gasteiger partial charge in [0, 0.05) is 18.7 Å². The number of rotatable bonds is 6. The summed E-state index contributed by atoms with van der Waals surface area (Å²) in [4.78, 5) is 12.2. The molecule has 0 aromatic heterocycles. The van der Waals surface area contributed by atoms with E-state index < -0.39 is 0 Å². The lowest BCUT2D eigenvalue weighted by Gasteiger charge is -2.21. The zero-order valence-electron chi connectivity index (χ0n) is 12.2. The summed E-state index contributed by atoms with van der Waals surface area (Å²) in [5, 5.41) is 6.39. The zero-order valence-corrected chi connectivity index (χ0v) is 13.0. The van der Waals surface area contributed by atoms with Crippen LogP contribution in [0.1, 0.15) is 31.7 Å². The summed E-state index contributed by atoms with van der Waals surface area (Å²) in [6, 6.07) is 8.04. The molecule has 20 heavy (non-hydrogen) atoms. The van der Waals surface area contributed by atoms with Crippen LogP contribution in [0.4, 0.5) is 5.69 Å². The van der Waals surface area contributed by atoms with E-state index in [1.165, 1.54) is 24.3 Å². The van der Waals surface area contributed by atoms with E-state index >= 15 is 0 Å². The first-order chi connectivity index (χ1) is 9.79. The summed E-state index contributed by atoms with van der Waals surface area (Å²) < 4.78 is 0. The summed E-state index contributed by atoms with van der Waals surface area (Å²) >= 11 is 2.00. The molecule has 1 aliphatic rings. The molecule has 1 aliphatic heterocycles. The molecule has 0 bridgehead atoms. The third-order valence-corrected chi connectivity index (χ3v) is 4.72. The fourth-order valence-electron chi connectivity index (χ4n) is 2.47. The molecule has 0 radical (unpaired) electrons. The van der Waals surface area contributed by atoms with Gasteiger partial charge in [-0.05, 0) is 48.4 Å². The third-order valence-electron chi connectivity index (χ3n) is 3.67. The van der Waals surface area contributed by atoms with Crippen molar-refractivity contribution in [1.82, 2.24) is 5.32 Å². The Labute approximate surface area is 125 Å². The number of hydrogen-bond acceptors (Lipinski definition) is 3. The molecule has 1 aromatic carbocycles. The van der Waals surface area contributed by atoms with Crippen LogP contribution < -0.4 is 10.6 Å². The lowest BCUT2D eigenvalue weighted by atomic mass is 9.98. The van der Waals surface area contributed by atoms with Crippen LogP contribution in [0, 0.1) is 5.92 Å². The van der Waals surface area contributed by atoms with Gasteiger partial charge >= 0.3 is 0 Å². The van der Waals surface area contributed by atoms with Crippen LogP contribution in [0.5, 0.6) is 0 Å². The van der Waals surface area contributed by atoms with Crippen LogP contribution >= 0.6 is 11.8 Å². The summed E-state index contributed by atoms with van der Waals surface area (Å²) in [6.07, 6.45) is 3.02. The maximum Gasteiger partial charge on any atom is 0.224 e. The van der Waals surface area contributed by atoms with E-state index in [-0.39, 0.29) is 5.91 Å². The molecule has 1 fully saturated rings. The van der Waals surface area contributed by atoms with Crippen LogP contribution in [0.15, 0.2) is 24.3 Å². The summed E-state index contributed by atoms with van der Waals surface area (Å²) in [6.45, 7) is 3.82. The fourth-order valence-corrected chi connectivity index (χ4v) is 3.67. The molecule has 2 rings (SSSR count). The minimum Gasteiger partial charge on any atom is -0.326 e. The Morgan fingerprint density at radius 2 is 2.05 bits per heavy atom. The number of anilines is 1. The molecule has 0 spiro atoms. The molecule has 1 aromatic rings. The van der Waals surface area contributed by atoms with Crippen molar-refractivity contribution < 1.29 is 4.79 Å².